The van der Waals surface area contributed by atoms with Gasteiger partial charge in [0.2, 0.25) is 110 Å². The molecule has 0 unspecified atom stereocenters. The quantitative estimate of drug-likeness (QED) is 0.0244. The number of halogens is 15. The van der Waals surface area contributed by atoms with Crippen molar-refractivity contribution in [3.8, 4) is 29.6 Å². The molecule has 0 saturated carbocycles. The standard InChI is InChI=1S/C36H24F15NO10/c1-2-3-4-14(53)52-36(11-57-8-5-15(54)60-33-27(46)21(40)18(37)22(41)28(33)47,12-58-9-6-16(55)61-34-29(48)23(42)19(38)24(43)30(34)49)13-59-10-7-17(56)62-35-31(50)25(44)20(39)26(45)32(35)51/h1H,3-13H2,(H,52,53). The van der Waals surface area contributed by atoms with E-state index in [1.54, 1.807) is 0 Å². The third-order valence-electron chi connectivity index (χ3n) is 7.54. The second-order valence-electron chi connectivity index (χ2n) is 12.1. The highest BCUT2D eigenvalue weighted by Crippen LogP contribution is 2.32. The van der Waals surface area contributed by atoms with Crippen molar-refractivity contribution in [1.82, 2.24) is 5.32 Å². The van der Waals surface area contributed by atoms with Gasteiger partial charge < -0.3 is 33.7 Å². The molecule has 3 aromatic carbocycles. The third kappa shape index (κ3) is 12.3. The number of ether oxygens (including phenoxy) is 6. The van der Waals surface area contributed by atoms with E-state index in [0.29, 0.717) is 0 Å². The van der Waals surface area contributed by atoms with Gasteiger partial charge in [0, 0.05) is 12.8 Å². The van der Waals surface area contributed by atoms with E-state index in [0.717, 1.165) is 0 Å². The van der Waals surface area contributed by atoms with Gasteiger partial charge in [0.15, 0.2) is 0 Å². The van der Waals surface area contributed by atoms with Gasteiger partial charge in [0.05, 0.1) is 58.9 Å². The fourth-order valence-corrected chi connectivity index (χ4v) is 4.56. The maximum absolute atomic E-state index is 14.0. The van der Waals surface area contributed by atoms with E-state index in [-0.39, 0.29) is 6.42 Å². The van der Waals surface area contributed by atoms with Crippen LogP contribution in [0.5, 0.6) is 17.2 Å². The van der Waals surface area contributed by atoms with E-state index in [9.17, 15) is 85.0 Å². The van der Waals surface area contributed by atoms with Crippen LogP contribution in [0.15, 0.2) is 0 Å². The maximum Gasteiger partial charge on any atom is 0.313 e. The number of hydrogen-bond donors (Lipinski definition) is 1. The largest absolute Gasteiger partial charge is 0.420 e. The number of terminal acetylenes is 1. The van der Waals surface area contributed by atoms with E-state index in [4.69, 9.17) is 20.6 Å². The summed E-state index contributed by atoms with van der Waals surface area (Å²) in [5.41, 5.74) is -2.09. The predicted molar refractivity (Wildman–Crippen MR) is 171 cm³/mol. The topological polar surface area (TPSA) is 136 Å². The van der Waals surface area contributed by atoms with Crippen LogP contribution < -0.4 is 19.5 Å². The van der Waals surface area contributed by atoms with Crippen LogP contribution in [-0.2, 0) is 33.4 Å². The maximum atomic E-state index is 14.0. The van der Waals surface area contributed by atoms with Crippen molar-refractivity contribution in [2.45, 2.75) is 37.6 Å². The average molecular weight is 916 g/mol. The van der Waals surface area contributed by atoms with Crippen LogP contribution in [0.2, 0.25) is 0 Å². The molecule has 0 spiro atoms. The second kappa shape index (κ2) is 22.1. The SMILES string of the molecule is C#CCCC(=O)NC(COCCC(=O)Oc1c(F)c(F)c(F)c(F)c1F)(COCCC(=O)Oc1c(F)c(F)c(F)c(F)c1F)COCCC(=O)Oc1c(F)c(F)c(F)c(F)c1F. The van der Waals surface area contributed by atoms with Crippen molar-refractivity contribution in [2.24, 2.45) is 0 Å². The van der Waals surface area contributed by atoms with E-state index in [2.05, 4.69) is 25.4 Å². The van der Waals surface area contributed by atoms with Gasteiger partial charge in [-0.25, -0.2) is 39.5 Å². The lowest BCUT2D eigenvalue weighted by atomic mass is 10.0. The highest BCUT2D eigenvalue weighted by molar-refractivity contribution is 5.77. The van der Waals surface area contributed by atoms with E-state index >= 15 is 0 Å². The van der Waals surface area contributed by atoms with E-state index in [1.807, 2.05) is 0 Å². The first-order chi connectivity index (χ1) is 29.1. The fraction of sp³-hybridized carbons (Fsp3) is 0.333. The Morgan fingerprint density at radius 3 is 0.903 bits per heavy atom. The summed E-state index contributed by atoms with van der Waals surface area (Å²) in [6.07, 6.45) is 1.43. The lowest BCUT2D eigenvalue weighted by Gasteiger charge is -2.34. The summed E-state index contributed by atoms with van der Waals surface area (Å²) in [5, 5.41) is 2.34. The first-order valence-electron chi connectivity index (χ1n) is 16.7. The number of carbonyl (C=O) groups excluding carboxylic acids is 4. The van der Waals surface area contributed by atoms with E-state index < -0.39 is 199 Å². The number of carbonyl (C=O) groups is 4. The molecule has 3 aromatic rings. The first-order valence-corrected chi connectivity index (χ1v) is 16.7. The summed E-state index contributed by atoms with van der Waals surface area (Å²) in [4.78, 5) is 49.5. The zero-order chi connectivity index (χ0) is 46.6. The van der Waals surface area contributed by atoms with Crippen molar-refractivity contribution in [3.63, 3.8) is 0 Å². The van der Waals surface area contributed by atoms with Crippen LogP contribution in [0.3, 0.4) is 0 Å². The molecule has 11 nitrogen and oxygen atoms in total. The molecule has 0 radical (unpaired) electrons. The molecule has 1 amide bonds. The third-order valence-corrected chi connectivity index (χ3v) is 7.54. The molecule has 1 N–H and O–H groups in total. The molecule has 26 heteroatoms. The minimum Gasteiger partial charge on any atom is -0.420 e. The number of rotatable bonds is 21. The Morgan fingerprint density at radius 1 is 0.419 bits per heavy atom. The Balaban J connectivity index is 1.78. The van der Waals surface area contributed by atoms with Crippen molar-refractivity contribution in [2.75, 3.05) is 39.6 Å². The fourth-order valence-electron chi connectivity index (χ4n) is 4.56. The summed E-state index contributed by atoms with van der Waals surface area (Å²) < 4.78 is 234. The summed E-state index contributed by atoms with van der Waals surface area (Å²) in [5.74, 6) is -47.1. The molecule has 0 heterocycles. The molecule has 0 bridgehead atoms. The zero-order valence-electron chi connectivity index (χ0n) is 30.6. The van der Waals surface area contributed by atoms with Gasteiger partial charge in [-0.2, -0.15) is 26.3 Å². The molecular formula is C36H24F15NO10. The molecule has 338 valence electrons. The summed E-state index contributed by atoms with van der Waals surface area (Å²) in [6, 6.07) is 0. The first kappa shape index (κ1) is 50.3. The number of nitrogens with one attached hydrogen (secondary N) is 1. The average Bonchev–Trinajstić information content (AvgIpc) is 3.24. The molecule has 0 saturated heterocycles. The lowest BCUT2D eigenvalue weighted by Crippen LogP contribution is -2.58. The van der Waals surface area contributed by atoms with Crippen LogP contribution in [0.4, 0.5) is 65.9 Å². The second-order valence-corrected chi connectivity index (χ2v) is 12.1. The van der Waals surface area contributed by atoms with Crippen molar-refractivity contribution >= 4 is 23.8 Å². The molecule has 3 rings (SSSR count). The molecule has 0 aliphatic rings. The Hall–Kier alpha value is -6.07. The molecule has 0 aromatic heterocycles. The van der Waals surface area contributed by atoms with Gasteiger partial charge in [0.25, 0.3) is 0 Å². The van der Waals surface area contributed by atoms with Gasteiger partial charge in [-0.15, -0.1) is 12.3 Å². The van der Waals surface area contributed by atoms with Crippen molar-refractivity contribution < 1.29 is 113 Å². The van der Waals surface area contributed by atoms with Gasteiger partial charge in [-0.1, -0.05) is 0 Å². The Labute approximate surface area is 336 Å². The Bertz CT molecular complexity index is 1950. The predicted octanol–water partition coefficient (Wildman–Crippen LogP) is 6.38. The number of hydrogen-bond acceptors (Lipinski definition) is 10. The van der Waals surface area contributed by atoms with Crippen LogP contribution in [-0.4, -0.2) is 69.0 Å². The number of amides is 1. The molecular weight excluding hydrogens is 891 g/mol. The van der Waals surface area contributed by atoms with Gasteiger partial charge >= 0.3 is 17.9 Å². The van der Waals surface area contributed by atoms with Gasteiger partial charge in [0.1, 0.15) is 5.54 Å². The monoisotopic (exact) mass is 915 g/mol. The number of esters is 3. The molecule has 0 aliphatic heterocycles. The molecule has 62 heavy (non-hydrogen) atoms. The summed E-state index contributed by atoms with van der Waals surface area (Å²) >= 11 is 0. The molecule has 0 atom stereocenters. The Morgan fingerprint density at radius 2 is 0.661 bits per heavy atom. The lowest BCUT2D eigenvalue weighted by molar-refractivity contribution is -0.138. The van der Waals surface area contributed by atoms with Crippen molar-refractivity contribution in [1.29, 1.82) is 0 Å². The molecule has 0 fully saturated rings. The summed E-state index contributed by atoms with van der Waals surface area (Å²) in [6.45, 7) is -5.27. The normalized spacial score (nSPS) is 11.3. The van der Waals surface area contributed by atoms with Crippen LogP contribution >= 0.6 is 0 Å². The van der Waals surface area contributed by atoms with Crippen LogP contribution in [0.1, 0.15) is 32.1 Å². The van der Waals surface area contributed by atoms with Gasteiger partial charge in [-0.3, -0.25) is 19.2 Å². The molecule has 0 aliphatic carbocycles. The van der Waals surface area contributed by atoms with E-state index in [1.165, 1.54) is 0 Å². The number of benzene rings is 3. The summed E-state index contributed by atoms with van der Waals surface area (Å²) in [7, 11) is 0. The highest BCUT2D eigenvalue weighted by atomic mass is 19.2. The zero-order valence-corrected chi connectivity index (χ0v) is 30.6. The van der Waals surface area contributed by atoms with Crippen LogP contribution in [0.25, 0.3) is 0 Å². The van der Waals surface area contributed by atoms with Crippen molar-refractivity contribution in [3.05, 3.63) is 87.3 Å². The van der Waals surface area contributed by atoms with Gasteiger partial charge in [-0.05, 0) is 0 Å². The van der Waals surface area contributed by atoms with Crippen LogP contribution in [0, 0.1) is 99.6 Å². The minimum absolute atomic E-state index is 0.221. The Kier molecular flexibility index (Phi) is 18.0. The minimum atomic E-state index is -2.56. The smallest absolute Gasteiger partial charge is 0.313 e. The highest BCUT2D eigenvalue weighted by Gasteiger charge is 2.35.